The summed E-state index contributed by atoms with van der Waals surface area (Å²) in [5, 5.41) is 5.86. The molecule has 0 spiro atoms. The van der Waals surface area contributed by atoms with Gasteiger partial charge >= 0.3 is 0 Å². The van der Waals surface area contributed by atoms with E-state index in [1.165, 1.54) is 22.4 Å². The van der Waals surface area contributed by atoms with Crippen LogP contribution < -0.4 is 5.32 Å². The van der Waals surface area contributed by atoms with E-state index in [2.05, 4.69) is 206 Å². The highest BCUT2D eigenvalue weighted by Gasteiger charge is 2.22. The molecule has 5 heteroatoms. The Bertz CT molecular complexity index is 3540. The summed E-state index contributed by atoms with van der Waals surface area (Å²) < 4.78 is 0. The molecule has 67 heavy (non-hydrogen) atoms. The van der Waals surface area contributed by atoms with Gasteiger partial charge in [0.05, 0.1) is 28.1 Å². The lowest BCUT2D eigenvalue weighted by molar-refractivity contribution is 0.714. The fourth-order valence-electron chi connectivity index (χ4n) is 9.71. The molecule has 318 valence electrons. The third-order valence-electron chi connectivity index (χ3n) is 13.2. The molecule has 9 aromatic rings. The minimum Gasteiger partial charge on any atom is -0.378 e. The lowest BCUT2D eigenvalue weighted by Crippen LogP contribution is -2.29. The van der Waals surface area contributed by atoms with Gasteiger partial charge in [0, 0.05) is 61.9 Å². The van der Waals surface area contributed by atoms with E-state index in [-0.39, 0.29) is 12.0 Å². The second kappa shape index (κ2) is 17.2. The van der Waals surface area contributed by atoms with Gasteiger partial charge in [-0.1, -0.05) is 170 Å². The zero-order valence-corrected chi connectivity index (χ0v) is 37.1. The molecule has 2 unspecified atom stereocenters. The van der Waals surface area contributed by atoms with Gasteiger partial charge in [0.25, 0.3) is 0 Å². The number of nitrogens with one attached hydrogen (secondary N) is 1. The maximum Gasteiger partial charge on any atom is 0.161 e. The van der Waals surface area contributed by atoms with E-state index in [9.17, 15) is 0 Å². The monoisotopic (exact) mass is 859 g/mol. The van der Waals surface area contributed by atoms with Crippen molar-refractivity contribution in [1.29, 1.82) is 0 Å². The van der Waals surface area contributed by atoms with Crippen LogP contribution in [-0.2, 0) is 0 Å². The van der Waals surface area contributed by atoms with Crippen molar-refractivity contribution in [3.05, 3.63) is 235 Å². The Morgan fingerprint density at radius 3 is 2.10 bits per heavy atom. The Morgan fingerprint density at radius 1 is 0.582 bits per heavy atom. The summed E-state index contributed by atoms with van der Waals surface area (Å²) in [6.45, 7) is 2.20. The number of pyridine rings is 2. The smallest absolute Gasteiger partial charge is 0.161 e. The van der Waals surface area contributed by atoms with Crippen LogP contribution in [0.15, 0.2) is 212 Å². The number of rotatable bonds is 8. The highest BCUT2D eigenvalue weighted by molar-refractivity contribution is 6.09. The molecular weight excluding hydrogens is 815 g/mol. The van der Waals surface area contributed by atoms with Gasteiger partial charge in [-0.3, -0.25) is 0 Å². The van der Waals surface area contributed by atoms with Gasteiger partial charge in [0.2, 0.25) is 0 Å². The molecule has 0 saturated heterocycles. The van der Waals surface area contributed by atoms with Crippen LogP contribution in [0.3, 0.4) is 0 Å². The molecule has 0 saturated carbocycles. The number of aromatic nitrogens is 4. The Balaban J connectivity index is 0.954. The third-order valence-corrected chi connectivity index (χ3v) is 13.2. The molecule has 3 aliphatic rings. The van der Waals surface area contributed by atoms with Crippen molar-refractivity contribution in [3.63, 3.8) is 0 Å². The molecule has 0 radical (unpaired) electrons. The SMILES string of the molecule is CC1C=CC2=CCCC(c3cccc(-c4cc(-c5ccccc5)nc(-c5cc#cc(-c6cccc(-c7cc(-c8ccccc8)nc8c7ccc7ccc(C9C=CC=CC9)nc78)c6)c5)n4)c3)=C2N1. The van der Waals surface area contributed by atoms with Crippen molar-refractivity contribution in [2.75, 3.05) is 0 Å². The van der Waals surface area contributed by atoms with Crippen LogP contribution in [0.5, 0.6) is 0 Å². The van der Waals surface area contributed by atoms with Gasteiger partial charge in [0.15, 0.2) is 5.82 Å². The second-order valence-electron chi connectivity index (χ2n) is 17.6. The molecule has 0 fully saturated rings. The van der Waals surface area contributed by atoms with Crippen LogP contribution in [0.2, 0.25) is 0 Å². The van der Waals surface area contributed by atoms with Crippen LogP contribution in [0.4, 0.5) is 0 Å². The molecule has 12 rings (SSSR count). The summed E-state index contributed by atoms with van der Waals surface area (Å²) in [4.78, 5) is 21.2. The Labute approximate surface area is 391 Å². The molecular formula is C62H45N5. The van der Waals surface area contributed by atoms with Gasteiger partial charge in [0.1, 0.15) is 0 Å². The molecule has 0 bridgehead atoms. The minimum absolute atomic E-state index is 0.234. The van der Waals surface area contributed by atoms with Crippen LogP contribution in [0, 0.1) is 12.1 Å². The summed E-state index contributed by atoms with van der Waals surface area (Å²) in [6, 6.07) is 62.5. The third kappa shape index (κ3) is 7.83. The van der Waals surface area contributed by atoms with Crippen molar-refractivity contribution in [3.8, 4) is 67.4 Å². The van der Waals surface area contributed by atoms with Crippen LogP contribution in [0.25, 0.3) is 94.8 Å². The first kappa shape index (κ1) is 40.1. The molecule has 4 heterocycles. The van der Waals surface area contributed by atoms with Crippen molar-refractivity contribution < 1.29 is 0 Å². The molecule has 6 aromatic carbocycles. The van der Waals surface area contributed by atoms with E-state index in [0.717, 1.165) is 108 Å². The van der Waals surface area contributed by atoms with Gasteiger partial charge in [-0.2, -0.15) is 0 Å². The van der Waals surface area contributed by atoms with Gasteiger partial charge in [-0.25, -0.2) is 19.9 Å². The first-order chi connectivity index (χ1) is 33.1. The van der Waals surface area contributed by atoms with E-state index < -0.39 is 0 Å². The van der Waals surface area contributed by atoms with E-state index in [1.807, 2.05) is 18.2 Å². The lowest BCUT2D eigenvalue weighted by Gasteiger charge is -2.28. The normalized spacial score (nSPS) is 16.4. The summed E-state index contributed by atoms with van der Waals surface area (Å²) in [5.74, 6) is 0.867. The second-order valence-corrected chi connectivity index (χ2v) is 17.6. The van der Waals surface area contributed by atoms with E-state index in [4.69, 9.17) is 19.9 Å². The van der Waals surface area contributed by atoms with Crippen molar-refractivity contribution in [1.82, 2.24) is 25.3 Å². The number of fused-ring (bicyclic) bond motifs is 4. The fourth-order valence-corrected chi connectivity index (χ4v) is 9.71. The topological polar surface area (TPSA) is 63.6 Å². The Kier molecular flexibility index (Phi) is 10.3. The van der Waals surface area contributed by atoms with Crippen molar-refractivity contribution in [2.45, 2.75) is 38.1 Å². The Hall–Kier alpha value is -8.46. The fraction of sp³-hybridized carbons (Fsp3) is 0.0968. The minimum atomic E-state index is 0.234. The van der Waals surface area contributed by atoms with Gasteiger partial charge < -0.3 is 5.32 Å². The number of allylic oxidation sites excluding steroid dienone is 7. The summed E-state index contributed by atoms with van der Waals surface area (Å²) in [6.07, 6.45) is 18.4. The van der Waals surface area contributed by atoms with E-state index >= 15 is 0 Å². The zero-order chi connectivity index (χ0) is 44.7. The average Bonchev–Trinajstić information content (AvgIpc) is 3.41. The largest absolute Gasteiger partial charge is 0.378 e. The van der Waals surface area contributed by atoms with Crippen LogP contribution in [0.1, 0.15) is 43.4 Å². The molecule has 2 aliphatic carbocycles. The van der Waals surface area contributed by atoms with Crippen molar-refractivity contribution in [2.24, 2.45) is 0 Å². The van der Waals surface area contributed by atoms with E-state index in [0.29, 0.717) is 5.82 Å². The number of hydrogen-bond acceptors (Lipinski definition) is 5. The van der Waals surface area contributed by atoms with Crippen LogP contribution in [-0.4, -0.2) is 26.0 Å². The molecule has 5 nitrogen and oxygen atoms in total. The van der Waals surface area contributed by atoms with E-state index in [1.54, 1.807) is 0 Å². The van der Waals surface area contributed by atoms with Crippen LogP contribution >= 0.6 is 0 Å². The number of benzene rings is 5. The number of hydrogen-bond donors (Lipinski definition) is 1. The maximum atomic E-state index is 5.35. The predicted octanol–water partition coefficient (Wildman–Crippen LogP) is 14.8. The number of nitrogens with zero attached hydrogens (tertiary/aromatic N) is 4. The molecule has 1 N–H and O–H groups in total. The zero-order valence-electron chi connectivity index (χ0n) is 37.1. The highest BCUT2D eigenvalue weighted by atomic mass is 14.9. The van der Waals surface area contributed by atoms with Gasteiger partial charge in [-0.05, 0) is 102 Å². The lowest BCUT2D eigenvalue weighted by atomic mass is 9.87. The molecule has 0 amide bonds. The standard InChI is InChI=1S/C62H45N5/c1-40-29-30-44-21-14-28-52(59(44)63-40)48-24-13-26-50(37-48)58-39-57(43-19-9-4-10-20-43)66-62(67-58)51-27-12-23-47(36-51)46-22-11-25-49(35-46)54-38-56(42-17-7-3-8-18-42)65-61-53(54)33-31-45-32-34-55(64-60(45)61)41-15-5-2-6-16-41/h2-11,13,15,17-22,24-27,29-41,63H,14,16,28H2,1H3. The van der Waals surface area contributed by atoms with Gasteiger partial charge in [-0.15, -0.1) is 0 Å². The quantitative estimate of drug-likeness (QED) is 0.154. The highest BCUT2D eigenvalue weighted by Crippen LogP contribution is 2.39. The molecule has 3 aromatic heterocycles. The summed E-state index contributed by atoms with van der Waals surface area (Å²) in [5.41, 5.74) is 18.6. The summed E-state index contributed by atoms with van der Waals surface area (Å²) >= 11 is 0. The molecule has 1 aliphatic heterocycles. The molecule has 2 atom stereocenters. The van der Waals surface area contributed by atoms with Crippen molar-refractivity contribution >= 4 is 27.4 Å². The first-order valence-electron chi connectivity index (χ1n) is 23.2. The maximum absolute atomic E-state index is 5.35. The first-order valence-corrected chi connectivity index (χ1v) is 23.2. The Morgan fingerprint density at radius 2 is 1.30 bits per heavy atom. The average molecular weight is 860 g/mol. The predicted molar refractivity (Wildman–Crippen MR) is 275 cm³/mol. The summed E-state index contributed by atoms with van der Waals surface area (Å²) in [7, 11) is 0.